The lowest BCUT2D eigenvalue weighted by Gasteiger charge is -2.05. The molecular weight excluding hydrogens is 262 g/mol. The minimum absolute atomic E-state index is 0.199. The fraction of sp³-hybridized carbons (Fsp3) is 0.462. The highest BCUT2D eigenvalue weighted by Crippen LogP contribution is 2.31. The minimum Gasteiger partial charge on any atom is -0.481 e. The second kappa shape index (κ2) is 5.46. The monoisotopic (exact) mass is 277 g/mol. The van der Waals surface area contributed by atoms with E-state index in [4.69, 9.17) is 18.7 Å². The average Bonchev–Trinajstić information content (AvgIpc) is 3.17. The van der Waals surface area contributed by atoms with Gasteiger partial charge < -0.3 is 18.7 Å². The Morgan fingerprint density at radius 2 is 2.10 bits per heavy atom. The number of hydrogen-bond acceptors (Lipinski definition) is 7. The van der Waals surface area contributed by atoms with Gasteiger partial charge in [-0.3, -0.25) is 0 Å². The minimum atomic E-state index is 0.199. The van der Waals surface area contributed by atoms with E-state index in [0.29, 0.717) is 35.6 Å². The van der Waals surface area contributed by atoms with E-state index in [2.05, 4.69) is 15.1 Å². The molecule has 0 radical (unpaired) electrons. The van der Waals surface area contributed by atoms with Crippen LogP contribution in [-0.2, 0) is 4.74 Å². The summed E-state index contributed by atoms with van der Waals surface area (Å²) >= 11 is 0. The molecule has 0 spiro atoms. The smallest absolute Gasteiger partial charge is 0.263 e. The molecule has 7 nitrogen and oxygen atoms in total. The number of pyridine rings is 1. The molecule has 7 heteroatoms. The summed E-state index contributed by atoms with van der Waals surface area (Å²) in [5.41, 5.74) is 0.644. The third-order valence-corrected chi connectivity index (χ3v) is 3.20. The van der Waals surface area contributed by atoms with Crippen LogP contribution >= 0.6 is 0 Å². The lowest BCUT2D eigenvalue weighted by atomic mass is 10.1. The Bertz CT molecular complexity index is 593. The molecule has 1 aliphatic heterocycles. The first kappa shape index (κ1) is 12.9. The highest BCUT2D eigenvalue weighted by atomic mass is 16.5. The molecule has 3 heterocycles. The maximum absolute atomic E-state index is 5.33. The second-order valence-corrected chi connectivity index (χ2v) is 4.43. The zero-order chi connectivity index (χ0) is 13.9. The van der Waals surface area contributed by atoms with Crippen LogP contribution in [0.15, 0.2) is 16.7 Å². The zero-order valence-electron chi connectivity index (χ0n) is 11.3. The van der Waals surface area contributed by atoms with Crippen LogP contribution < -0.4 is 9.47 Å². The number of aromatic nitrogens is 3. The van der Waals surface area contributed by atoms with Gasteiger partial charge in [-0.05, 0) is 12.5 Å². The lowest BCUT2D eigenvalue weighted by Crippen LogP contribution is -2.00. The number of rotatable bonds is 4. The van der Waals surface area contributed by atoms with Gasteiger partial charge in [0.1, 0.15) is 5.56 Å². The van der Waals surface area contributed by atoms with Crippen molar-refractivity contribution in [1.29, 1.82) is 0 Å². The fourth-order valence-electron chi connectivity index (χ4n) is 2.10. The normalized spacial score (nSPS) is 18.2. The molecule has 3 rings (SSSR count). The number of methoxy groups -OCH3 is 2. The third kappa shape index (κ3) is 2.32. The van der Waals surface area contributed by atoms with Crippen LogP contribution in [0, 0.1) is 0 Å². The molecular formula is C13H15N3O4. The van der Waals surface area contributed by atoms with E-state index in [0.717, 1.165) is 13.0 Å². The molecule has 1 saturated heterocycles. The van der Waals surface area contributed by atoms with Gasteiger partial charge in [0.05, 0.1) is 20.8 Å². The van der Waals surface area contributed by atoms with Crippen LogP contribution in [0.3, 0.4) is 0 Å². The van der Waals surface area contributed by atoms with Crippen LogP contribution in [0.5, 0.6) is 11.8 Å². The molecule has 0 aliphatic carbocycles. The average molecular weight is 277 g/mol. The SMILES string of the molecule is COc1ccc(-c2nc([C@@H]3CCOC3)no2)c(OC)n1. The Labute approximate surface area is 115 Å². The Morgan fingerprint density at radius 1 is 1.20 bits per heavy atom. The predicted octanol–water partition coefficient (Wildman–Crippen LogP) is 1.65. The molecule has 0 N–H and O–H groups in total. The molecule has 2 aromatic heterocycles. The molecule has 20 heavy (non-hydrogen) atoms. The van der Waals surface area contributed by atoms with Crippen LogP contribution in [0.2, 0.25) is 0 Å². The van der Waals surface area contributed by atoms with Crippen LogP contribution in [0.4, 0.5) is 0 Å². The quantitative estimate of drug-likeness (QED) is 0.840. The first-order chi connectivity index (χ1) is 9.81. The van der Waals surface area contributed by atoms with Gasteiger partial charge in [-0.1, -0.05) is 5.16 Å². The van der Waals surface area contributed by atoms with Crippen molar-refractivity contribution >= 4 is 0 Å². The maximum atomic E-state index is 5.33. The van der Waals surface area contributed by atoms with Crippen LogP contribution in [0.25, 0.3) is 11.5 Å². The summed E-state index contributed by atoms with van der Waals surface area (Å²) in [6, 6.07) is 3.51. The lowest BCUT2D eigenvalue weighted by molar-refractivity contribution is 0.192. The van der Waals surface area contributed by atoms with Crippen molar-refractivity contribution in [3.8, 4) is 23.2 Å². The maximum Gasteiger partial charge on any atom is 0.263 e. The Hall–Kier alpha value is -2.15. The van der Waals surface area contributed by atoms with Gasteiger partial charge in [0, 0.05) is 18.6 Å². The molecule has 1 aliphatic rings. The van der Waals surface area contributed by atoms with Gasteiger partial charge in [0.15, 0.2) is 5.82 Å². The van der Waals surface area contributed by atoms with E-state index < -0.39 is 0 Å². The molecule has 0 saturated carbocycles. The largest absolute Gasteiger partial charge is 0.481 e. The topological polar surface area (TPSA) is 79.5 Å². The first-order valence-electron chi connectivity index (χ1n) is 6.32. The summed E-state index contributed by atoms with van der Waals surface area (Å²) in [5.74, 6) is 2.11. The van der Waals surface area contributed by atoms with Crippen LogP contribution in [-0.4, -0.2) is 42.6 Å². The van der Waals surface area contributed by atoms with Gasteiger partial charge >= 0.3 is 0 Å². The van der Waals surface area contributed by atoms with Crippen LogP contribution in [0.1, 0.15) is 18.2 Å². The second-order valence-electron chi connectivity index (χ2n) is 4.43. The van der Waals surface area contributed by atoms with E-state index in [1.807, 2.05) is 0 Å². The predicted molar refractivity (Wildman–Crippen MR) is 68.8 cm³/mol. The summed E-state index contributed by atoms with van der Waals surface area (Å²) in [6.45, 7) is 1.37. The summed E-state index contributed by atoms with van der Waals surface area (Å²) in [7, 11) is 3.08. The highest BCUT2D eigenvalue weighted by molar-refractivity contribution is 5.60. The molecule has 1 fully saturated rings. The van der Waals surface area contributed by atoms with Crippen molar-refractivity contribution in [2.24, 2.45) is 0 Å². The van der Waals surface area contributed by atoms with E-state index in [1.54, 1.807) is 19.2 Å². The van der Waals surface area contributed by atoms with Crippen molar-refractivity contribution in [2.45, 2.75) is 12.3 Å². The van der Waals surface area contributed by atoms with E-state index in [9.17, 15) is 0 Å². The molecule has 0 unspecified atom stereocenters. The zero-order valence-corrected chi connectivity index (χ0v) is 11.3. The van der Waals surface area contributed by atoms with E-state index in [1.165, 1.54) is 7.11 Å². The van der Waals surface area contributed by atoms with E-state index in [-0.39, 0.29) is 5.92 Å². The summed E-state index contributed by atoms with van der Waals surface area (Å²) in [6.07, 6.45) is 0.914. The summed E-state index contributed by atoms with van der Waals surface area (Å²) < 4.78 is 20.9. The van der Waals surface area contributed by atoms with Crippen molar-refractivity contribution in [3.05, 3.63) is 18.0 Å². The molecule has 0 amide bonds. The number of nitrogens with zero attached hydrogens (tertiary/aromatic N) is 3. The number of hydrogen-bond donors (Lipinski definition) is 0. The molecule has 106 valence electrons. The molecule has 0 bridgehead atoms. The molecule has 2 aromatic rings. The first-order valence-corrected chi connectivity index (χ1v) is 6.32. The van der Waals surface area contributed by atoms with Crippen molar-refractivity contribution in [2.75, 3.05) is 27.4 Å². The molecule has 1 atom stereocenters. The Morgan fingerprint density at radius 3 is 2.80 bits per heavy atom. The van der Waals surface area contributed by atoms with Gasteiger partial charge in [-0.25, -0.2) is 0 Å². The van der Waals surface area contributed by atoms with Gasteiger partial charge in [-0.15, -0.1) is 0 Å². The fourth-order valence-corrected chi connectivity index (χ4v) is 2.10. The van der Waals surface area contributed by atoms with Crippen molar-refractivity contribution < 1.29 is 18.7 Å². The highest BCUT2D eigenvalue weighted by Gasteiger charge is 2.24. The Balaban J connectivity index is 1.92. The van der Waals surface area contributed by atoms with Gasteiger partial charge in [0.2, 0.25) is 11.8 Å². The summed E-state index contributed by atoms with van der Waals surface area (Å²) in [4.78, 5) is 8.60. The summed E-state index contributed by atoms with van der Waals surface area (Å²) in [5, 5.41) is 4.01. The van der Waals surface area contributed by atoms with Gasteiger partial charge in [0.25, 0.3) is 5.89 Å². The standard InChI is InChI=1S/C13H15N3O4/c1-17-10-4-3-9(12(14-10)18-2)13-15-11(16-20-13)8-5-6-19-7-8/h3-4,8H,5-7H2,1-2H3/t8-/m1/s1. The van der Waals surface area contributed by atoms with Crippen molar-refractivity contribution in [1.82, 2.24) is 15.1 Å². The Kier molecular flexibility index (Phi) is 3.51. The molecule has 0 aromatic carbocycles. The van der Waals surface area contributed by atoms with Crippen molar-refractivity contribution in [3.63, 3.8) is 0 Å². The van der Waals surface area contributed by atoms with E-state index >= 15 is 0 Å². The number of ether oxygens (including phenoxy) is 3. The van der Waals surface area contributed by atoms with Gasteiger partial charge in [-0.2, -0.15) is 9.97 Å². The third-order valence-electron chi connectivity index (χ3n) is 3.20.